The molecule has 0 aromatic carbocycles. The van der Waals surface area contributed by atoms with Crippen LogP contribution in [0.3, 0.4) is 0 Å². The van der Waals surface area contributed by atoms with Crippen molar-refractivity contribution in [2.45, 2.75) is 5.92 Å². The van der Waals surface area contributed by atoms with Crippen LogP contribution in [0.5, 0.6) is 0 Å². The lowest BCUT2D eigenvalue weighted by Crippen LogP contribution is -2.25. The Morgan fingerprint density at radius 1 is 1.50 bits per heavy atom. The molecule has 0 spiro atoms. The van der Waals surface area contributed by atoms with Crippen molar-refractivity contribution in [3.8, 4) is 0 Å². The predicted molar refractivity (Wildman–Crippen MR) is 44.9 cm³/mol. The van der Waals surface area contributed by atoms with Crippen molar-refractivity contribution in [3.63, 3.8) is 0 Å². The first-order valence-corrected chi connectivity index (χ1v) is 4.04. The van der Waals surface area contributed by atoms with Gasteiger partial charge in [0.05, 0.1) is 6.54 Å². The van der Waals surface area contributed by atoms with E-state index in [0.29, 0.717) is 4.47 Å². The number of pyridine rings is 1. The Morgan fingerprint density at radius 2 is 2.17 bits per heavy atom. The first-order chi connectivity index (χ1) is 5.56. The highest BCUT2D eigenvalue weighted by Crippen LogP contribution is 2.27. The Bertz CT molecular complexity index is 278. The fourth-order valence-corrected chi connectivity index (χ4v) is 1.09. The lowest BCUT2D eigenvalue weighted by molar-refractivity contribution is 0.00555. The molecule has 1 aromatic rings. The van der Waals surface area contributed by atoms with Gasteiger partial charge in [0, 0.05) is 22.4 Å². The van der Waals surface area contributed by atoms with E-state index in [1.807, 2.05) is 0 Å². The van der Waals surface area contributed by atoms with Crippen LogP contribution in [0.15, 0.2) is 22.9 Å². The number of hydrogen-bond donors (Lipinski definition) is 1. The van der Waals surface area contributed by atoms with Gasteiger partial charge in [-0.05, 0) is 22.0 Å². The maximum atomic E-state index is 12.9. The molecule has 2 nitrogen and oxygen atoms in total. The van der Waals surface area contributed by atoms with Crippen LogP contribution in [0.25, 0.3) is 0 Å². The van der Waals surface area contributed by atoms with Crippen LogP contribution in [0.4, 0.5) is 8.78 Å². The van der Waals surface area contributed by atoms with Gasteiger partial charge in [-0.3, -0.25) is 4.98 Å². The summed E-state index contributed by atoms with van der Waals surface area (Å²) < 4.78 is 26.3. The van der Waals surface area contributed by atoms with E-state index in [0.717, 1.165) is 6.20 Å². The average molecular weight is 237 g/mol. The maximum absolute atomic E-state index is 12.9. The summed E-state index contributed by atoms with van der Waals surface area (Å²) in [5, 5.41) is 0. The minimum Gasteiger partial charge on any atom is -0.325 e. The Morgan fingerprint density at radius 3 is 2.67 bits per heavy atom. The average Bonchev–Trinajstić information content (AvgIpc) is 2.05. The zero-order valence-electron chi connectivity index (χ0n) is 6.10. The van der Waals surface area contributed by atoms with E-state index in [1.54, 1.807) is 0 Å². The van der Waals surface area contributed by atoms with Gasteiger partial charge in [-0.15, -0.1) is 0 Å². The molecular formula is C7H7BrF2N2. The van der Waals surface area contributed by atoms with Gasteiger partial charge in [-0.25, -0.2) is 0 Å². The second-order valence-electron chi connectivity index (χ2n) is 2.30. The number of alkyl halides is 2. The Labute approximate surface area is 76.9 Å². The number of halogens is 3. The normalized spacial score (nSPS) is 11.7. The predicted octanol–water partition coefficient (Wildman–Crippen LogP) is 1.89. The zero-order valence-corrected chi connectivity index (χ0v) is 7.68. The molecule has 0 aliphatic rings. The van der Waals surface area contributed by atoms with Crippen LogP contribution in [-0.2, 0) is 5.92 Å². The summed E-state index contributed by atoms with van der Waals surface area (Å²) in [4.78, 5) is 3.62. The van der Waals surface area contributed by atoms with Gasteiger partial charge in [0.15, 0.2) is 0 Å². The fraction of sp³-hybridized carbons (Fsp3) is 0.286. The molecule has 0 unspecified atom stereocenters. The second-order valence-corrected chi connectivity index (χ2v) is 3.22. The molecule has 0 aliphatic carbocycles. The topological polar surface area (TPSA) is 38.9 Å². The van der Waals surface area contributed by atoms with Crippen LogP contribution in [0.1, 0.15) is 5.56 Å². The van der Waals surface area contributed by atoms with E-state index < -0.39 is 12.5 Å². The summed E-state index contributed by atoms with van der Waals surface area (Å²) in [6, 6.07) is 1.31. The van der Waals surface area contributed by atoms with Gasteiger partial charge in [-0.1, -0.05) is 0 Å². The van der Waals surface area contributed by atoms with Crippen molar-refractivity contribution in [3.05, 3.63) is 28.5 Å². The molecular weight excluding hydrogens is 230 g/mol. The smallest absolute Gasteiger partial charge is 0.286 e. The molecule has 0 saturated heterocycles. The minimum atomic E-state index is -2.99. The molecule has 0 atom stereocenters. The van der Waals surface area contributed by atoms with E-state index in [9.17, 15) is 8.78 Å². The third kappa shape index (κ3) is 1.98. The summed E-state index contributed by atoms with van der Waals surface area (Å²) in [5.41, 5.74) is 4.73. The van der Waals surface area contributed by atoms with Crippen LogP contribution in [0, 0.1) is 0 Å². The van der Waals surface area contributed by atoms with E-state index in [4.69, 9.17) is 5.73 Å². The molecule has 0 bridgehead atoms. The van der Waals surface area contributed by atoms with Gasteiger partial charge in [-0.2, -0.15) is 8.78 Å². The molecule has 1 heterocycles. The molecule has 66 valence electrons. The fourth-order valence-electron chi connectivity index (χ4n) is 0.730. The van der Waals surface area contributed by atoms with Gasteiger partial charge in [0.1, 0.15) is 0 Å². The largest absolute Gasteiger partial charge is 0.325 e. The standard InChI is InChI=1S/C7H7BrF2N2/c8-6-1-5(2-12-3-6)7(9,10)4-11/h1-3H,4,11H2. The van der Waals surface area contributed by atoms with E-state index >= 15 is 0 Å². The molecule has 5 heteroatoms. The van der Waals surface area contributed by atoms with Crippen molar-refractivity contribution in [1.29, 1.82) is 0 Å². The molecule has 0 aliphatic heterocycles. The molecule has 2 N–H and O–H groups in total. The van der Waals surface area contributed by atoms with Crippen molar-refractivity contribution in [2.24, 2.45) is 5.73 Å². The monoisotopic (exact) mass is 236 g/mol. The van der Waals surface area contributed by atoms with E-state index in [-0.39, 0.29) is 5.56 Å². The summed E-state index contributed by atoms with van der Waals surface area (Å²) >= 11 is 3.05. The third-order valence-corrected chi connectivity index (χ3v) is 1.82. The molecule has 1 rings (SSSR count). The molecule has 0 amide bonds. The summed E-state index contributed by atoms with van der Waals surface area (Å²) in [7, 11) is 0. The van der Waals surface area contributed by atoms with Gasteiger partial charge < -0.3 is 5.73 Å². The number of nitrogens with zero attached hydrogens (tertiary/aromatic N) is 1. The summed E-state index contributed by atoms with van der Waals surface area (Å²) in [6.45, 7) is -0.703. The first-order valence-electron chi connectivity index (χ1n) is 3.25. The van der Waals surface area contributed by atoms with Gasteiger partial charge in [0.25, 0.3) is 5.92 Å². The highest BCUT2D eigenvalue weighted by Gasteiger charge is 2.29. The minimum absolute atomic E-state index is 0.167. The lowest BCUT2D eigenvalue weighted by atomic mass is 10.1. The summed E-state index contributed by atoms with van der Waals surface area (Å²) in [6.07, 6.45) is 2.55. The number of hydrogen-bond acceptors (Lipinski definition) is 2. The molecule has 0 fully saturated rings. The van der Waals surface area contributed by atoms with Crippen molar-refractivity contribution in [1.82, 2.24) is 4.98 Å². The zero-order chi connectivity index (χ0) is 9.19. The third-order valence-electron chi connectivity index (χ3n) is 1.38. The van der Waals surface area contributed by atoms with Crippen LogP contribution >= 0.6 is 15.9 Å². The quantitative estimate of drug-likeness (QED) is 0.852. The van der Waals surface area contributed by atoms with Crippen LogP contribution in [0.2, 0.25) is 0 Å². The first kappa shape index (κ1) is 9.54. The van der Waals surface area contributed by atoms with Crippen molar-refractivity contribution < 1.29 is 8.78 Å². The highest BCUT2D eigenvalue weighted by molar-refractivity contribution is 9.10. The Kier molecular flexibility index (Phi) is 2.74. The molecule has 1 aromatic heterocycles. The van der Waals surface area contributed by atoms with Crippen molar-refractivity contribution in [2.75, 3.05) is 6.54 Å². The lowest BCUT2D eigenvalue weighted by Gasteiger charge is -2.13. The molecule has 0 saturated carbocycles. The Hall–Kier alpha value is -0.550. The number of aromatic nitrogens is 1. The SMILES string of the molecule is NCC(F)(F)c1cncc(Br)c1. The van der Waals surface area contributed by atoms with Crippen molar-refractivity contribution >= 4 is 15.9 Å². The van der Waals surface area contributed by atoms with E-state index in [2.05, 4.69) is 20.9 Å². The van der Waals surface area contributed by atoms with Crippen LogP contribution < -0.4 is 5.73 Å². The molecule has 12 heavy (non-hydrogen) atoms. The maximum Gasteiger partial charge on any atom is 0.286 e. The van der Waals surface area contributed by atoms with E-state index in [1.165, 1.54) is 12.3 Å². The summed E-state index contributed by atoms with van der Waals surface area (Å²) in [5.74, 6) is -2.99. The van der Waals surface area contributed by atoms with Crippen LogP contribution in [-0.4, -0.2) is 11.5 Å². The highest BCUT2D eigenvalue weighted by atomic mass is 79.9. The Balaban J connectivity index is 3.03. The number of nitrogens with two attached hydrogens (primary N) is 1. The number of rotatable bonds is 2. The van der Waals surface area contributed by atoms with Gasteiger partial charge >= 0.3 is 0 Å². The second kappa shape index (κ2) is 3.45. The van der Waals surface area contributed by atoms with Gasteiger partial charge in [0.2, 0.25) is 0 Å². The molecule has 0 radical (unpaired) electrons.